The van der Waals surface area contributed by atoms with Crippen LogP contribution in [0.4, 0.5) is 0 Å². The summed E-state index contributed by atoms with van der Waals surface area (Å²) in [6.45, 7) is 1.00. The summed E-state index contributed by atoms with van der Waals surface area (Å²) in [5, 5.41) is 8.97. The van der Waals surface area contributed by atoms with Crippen LogP contribution in [0.25, 0.3) is 0 Å². The number of hydrogen-bond donors (Lipinski definition) is 1. The summed E-state index contributed by atoms with van der Waals surface area (Å²) in [5.41, 5.74) is 0.459. The Bertz CT molecular complexity index is 390. The highest BCUT2D eigenvalue weighted by molar-refractivity contribution is 6.31. The zero-order chi connectivity index (χ0) is 10.8. The first-order valence-corrected chi connectivity index (χ1v) is 4.68. The third-order valence-corrected chi connectivity index (χ3v) is 2.30. The van der Waals surface area contributed by atoms with Crippen molar-refractivity contribution in [1.29, 1.82) is 0 Å². The molecule has 0 atom stereocenters. The molecule has 0 unspecified atom stereocenters. The molecule has 0 bridgehead atoms. The maximum absolute atomic E-state index is 10.6. The molecule has 1 saturated heterocycles. The van der Waals surface area contributed by atoms with Crippen molar-refractivity contribution in [3.05, 3.63) is 28.5 Å². The van der Waals surface area contributed by atoms with Crippen LogP contribution in [-0.4, -0.2) is 29.3 Å². The molecule has 1 aromatic heterocycles. The predicted molar refractivity (Wildman–Crippen MR) is 50.9 cm³/mol. The lowest BCUT2D eigenvalue weighted by Crippen LogP contribution is -2.04. The minimum atomic E-state index is -1.11. The number of pyridine rings is 1. The van der Waals surface area contributed by atoms with Crippen molar-refractivity contribution >= 4 is 17.6 Å². The van der Waals surface area contributed by atoms with Gasteiger partial charge in [0.05, 0.1) is 18.2 Å². The van der Waals surface area contributed by atoms with E-state index >= 15 is 0 Å². The molecule has 5 nitrogen and oxygen atoms in total. The van der Waals surface area contributed by atoms with Crippen LogP contribution in [0.15, 0.2) is 12.3 Å². The second-order valence-corrected chi connectivity index (χ2v) is 3.38. The van der Waals surface area contributed by atoms with E-state index in [1.54, 1.807) is 0 Å². The maximum atomic E-state index is 10.6. The molecule has 2 heterocycles. The Morgan fingerprint density at radius 2 is 2.20 bits per heavy atom. The van der Waals surface area contributed by atoms with E-state index < -0.39 is 12.3 Å². The number of nitrogens with zero attached hydrogens (tertiary/aromatic N) is 1. The molecule has 15 heavy (non-hydrogen) atoms. The number of carboxylic acid groups (broad SMARTS) is 1. The average Bonchev–Trinajstić information content (AvgIpc) is 2.70. The first kappa shape index (κ1) is 10.4. The smallest absolute Gasteiger partial charge is 0.354 e. The zero-order valence-corrected chi connectivity index (χ0v) is 8.40. The lowest BCUT2D eigenvalue weighted by Gasteiger charge is -2.10. The summed E-state index contributed by atoms with van der Waals surface area (Å²) < 4.78 is 10.5. The largest absolute Gasteiger partial charge is 0.477 e. The Kier molecular flexibility index (Phi) is 2.86. The molecule has 0 aromatic carbocycles. The lowest BCUT2D eigenvalue weighted by molar-refractivity contribution is -0.0442. The predicted octanol–water partition coefficient (Wildman–Crippen LogP) is 1.48. The van der Waals surface area contributed by atoms with Crippen LogP contribution in [-0.2, 0) is 9.47 Å². The number of rotatable bonds is 2. The standard InChI is InChI=1S/C9H8ClNO4/c10-6-3-7(8(12)13)11-4-5(6)9-14-1-2-15-9/h3-4,9H,1-2H2,(H,12,13). The monoisotopic (exact) mass is 229 g/mol. The Hall–Kier alpha value is -1.17. The van der Waals surface area contributed by atoms with Gasteiger partial charge in [0, 0.05) is 11.8 Å². The van der Waals surface area contributed by atoms with Crippen LogP contribution in [0.3, 0.4) is 0 Å². The van der Waals surface area contributed by atoms with Crippen molar-refractivity contribution in [3.8, 4) is 0 Å². The fourth-order valence-corrected chi connectivity index (χ4v) is 1.51. The van der Waals surface area contributed by atoms with Crippen molar-refractivity contribution in [2.24, 2.45) is 0 Å². The molecule has 0 radical (unpaired) electrons. The SMILES string of the molecule is O=C(O)c1cc(Cl)c(C2OCCO2)cn1. The molecule has 6 heteroatoms. The van der Waals surface area contributed by atoms with Gasteiger partial charge in [0.2, 0.25) is 0 Å². The topological polar surface area (TPSA) is 68.7 Å². The minimum Gasteiger partial charge on any atom is -0.477 e. The fraction of sp³-hybridized carbons (Fsp3) is 0.333. The quantitative estimate of drug-likeness (QED) is 0.832. The summed E-state index contributed by atoms with van der Waals surface area (Å²) in [4.78, 5) is 14.3. The first-order chi connectivity index (χ1) is 7.18. The number of aromatic nitrogens is 1. The summed E-state index contributed by atoms with van der Waals surface area (Å²) in [6.07, 6.45) is 0.828. The number of ether oxygens (including phenoxy) is 2. The van der Waals surface area contributed by atoms with Gasteiger partial charge in [-0.15, -0.1) is 0 Å². The van der Waals surface area contributed by atoms with Crippen LogP contribution >= 0.6 is 11.6 Å². The molecule has 0 saturated carbocycles. The van der Waals surface area contributed by atoms with E-state index in [2.05, 4.69) is 4.98 Å². The Balaban J connectivity index is 2.29. The normalized spacial score (nSPS) is 16.9. The highest BCUT2D eigenvalue weighted by Gasteiger charge is 2.22. The summed E-state index contributed by atoms with van der Waals surface area (Å²) in [7, 11) is 0. The molecule has 0 amide bonds. The summed E-state index contributed by atoms with van der Waals surface area (Å²) >= 11 is 5.89. The van der Waals surface area contributed by atoms with Gasteiger partial charge in [-0.05, 0) is 6.07 Å². The third kappa shape index (κ3) is 2.09. The second kappa shape index (κ2) is 4.14. The van der Waals surface area contributed by atoms with Crippen LogP contribution in [0.1, 0.15) is 22.3 Å². The fourth-order valence-electron chi connectivity index (χ4n) is 1.27. The molecule has 0 spiro atoms. The van der Waals surface area contributed by atoms with Crippen LogP contribution in [0, 0.1) is 0 Å². The lowest BCUT2D eigenvalue weighted by atomic mass is 10.2. The Labute approximate surface area is 90.6 Å². The van der Waals surface area contributed by atoms with Crippen molar-refractivity contribution < 1.29 is 19.4 Å². The van der Waals surface area contributed by atoms with Crippen LogP contribution < -0.4 is 0 Å². The minimum absolute atomic E-state index is 0.0956. The third-order valence-electron chi connectivity index (χ3n) is 1.98. The summed E-state index contributed by atoms with van der Waals surface area (Å²) in [5.74, 6) is -1.11. The zero-order valence-electron chi connectivity index (χ0n) is 7.64. The van der Waals surface area contributed by atoms with E-state index in [9.17, 15) is 4.79 Å². The molecule has 1 fully saturated rings. The Morgan fingerprint density at radius 1 is 1.53 bits per heavy atom. The van der Waals surface area contributed by atoms with Gasteiger partial charge in [-0.1, -0.05) is 11.6 Å². The first-order valence-electron chi connectivity index (χ1n) is 4.30. The van der Waals surface area contributed by atoms with E-state index in [4.69, 9.17) is 26.2 Å². The van der Waals surface area contributed by atoms with Gasteiger partial charge < -0.3 is 14.6 Å². The molecule has 0 aliphatic carbocycles. The van der Waals surface area contributed by atoms with Crippen molar-refractivity contribution in [2.45, 2.75) is 6.29 Å². The van der Waals surface area contributed by atoms with Gasteiger partial charge in [0.1, 0.15) is 5.69 Å². The molecule has 1 aliphatic rings. The number of carboxylic acids is 1. The Morgan fingerprint density at radius 3 is 2.73 bits per heavy atom. The highest BCUT2D eigenvalue weighted by atomic mass is 35.5. The van der Waals surface area contributed by atoms with Gasteiger partial charge in [0.25, 0.3) is 0 Å². The second-order valence-electron chi connectivity index (χ2n) is 2.97. The molecule has 80 valence electrons. The number of hydrogen-bond acceptors (Lipinski definition) is 4. The molecular weight excluding hydrogens is 222 g/mol. The molecule has 2 rings (SSSR count). The van der Waals surface area contributed by atoms with Crippen LogP contribution in [0.2, 0.25) is 5.02 Å². The van der Waals surface area contributed by atoms with Gasteiger partial charge in [0.15, 0.2) is 6.29 Å². The van der Waals surface area contributed by atoms with Crippen molar-refractivity contribution in [1.82, 2.24) is 4.98 Å². The van der Waals surface area contributed by atoms with Crippen molar-refractivity contribution in [3.63, 3.8) is 0 Å². The molecule has 1 aromatic rings. The van der Waals surface area contributed by atoms with Gasteiger partial charge in [-0.3, -0.25) is 0 Å². The molecule has 1 aliphatic heterocycles. The molecule has 1 N–H and O–H groups in total. The van der Waals surface area contributed by atoms with E-state index in [-0.39, 0.29) is 10.7 Å². The summed E-state index contributed by atoms with van der Waals surface area (Å²) in [6, 6.07) is 1.28. The molecular formula is C9H8ClNO4. The number of halogens is 1. The van der Waals surface area contributed by atoms with E-state index in [1.807, 2.05) is 0 Å². The average molecular weight is 230 g/mol. The van der Waals surface area contributed by atoms with Crippen LogP contribution in [0.5, 0.6) is 0 Å². The van der Waals surface area contributed by atoms with Gasteiger partial charge in [-0.2, -0.15) is 0 Å². The number of carbonyl (C=O) groups is 1. The maximum Gasteiger partial charge on any atom is 0.354 e. The van der Waals surface area contributed by atoms with Crippen molar-refractivity contribution in [2.75, 3.05) is 13.2 Å². The number of aromatic carboxylic acids is 1. The van der Waals surface area contributed by atoms with E-state index in [0.717, 1.165) is 0 Å². The highest BCUT2D eigenvalue weighted by Crippen LogP contribution is 2.29. The van der Waals surface area contributed by atoms with Gasteiger partial charge in [-0.25, -0.2) is 9.78 Å². The van der Waals surface area contributed by atoms with E-state index in [1.165, 1.54) is 12.3 Å². The van der Waals surface area contributed by atoms with E-state index in [0.29, 0.717) is 18.8 Å². The van der Waals surface area contributed by atoms with Gasteiger partial charge >= 0.3 is 5.97 Å².